The van der Waals surface area contributed by atoms with Crippen LogP contribution in [0.5, 0.6) is 17.4 Å². The number of ether oxygens (including phenoxy) is 2. The molecule has 0 saturated carbocycles. The number of anilines is 1. The summed E-state index contributed by atoms with van der Waals surface area (Å²) in [7, 11) is -4.04. The van der Waals surface area contributed by atoms with Gasteiger partial charge in [0.05, 0.1) is 4.90 Å². The van der Waals surface area contributed by atoms with Crippen molar-refractivity contribution in [3.63, 3.8) is 0 Å². The zero-order valence-electron chi connectivity index (χ0n) is 17.4. The maximum Gasteiger partial charge on any atom is 0.573 e. The van der Waals surface area contributed by atoms with Gasteiger partial charge >= 0.3 is 6.36 Å². The monoisotopic (exact) mass is 491 g/mol. The molecule has 2 aromatic heterocycles. The molecular formula is C21H16F3N5O4S. The van der Waals surface area contributed by atoms with Gasteiger partial charge in [0, 0.05) is 24.1 Å². The summed E-state index contributed by atoms with van der Waals surface area (Å²) < 4.78 is 75.2. The maximum atomic E-state index is 12.5. The number of aryl methyl sites for hydroxylation is 1. The summed E-state index contributed by atoms with van der Waals surface area (Å²) in [5.41, 5.74) is 0.221. The third-order valence-electron chi connectivity index (χ3n) is 4.24. The highest BCUT2D eigenvalue weighted by molar-refractivity contribution is 7.92. The molecule has 4 aromatic rings. The van der Waals surface area contributed by atoms with Gasteiger partial charge in [-0.1, -0.05) is 0 Å². The van der Waals surface area contributed by atoms with Crippen molar-refractivity contribution in [2.45, 2.75) is 18.2 Å². The van der Waals surface area contributed by atoms with E-state index in [0.717, 1.165) is 24.3 Å². The molecular weight excluding hydrogens is 475 g/mol. The topological polar surface area (TPSA) is 108 Å². The average Bonchev–Trinajstić information content (AvgIpc) is 3.29. The van der Waals surface area contributed by atoms with Gasteiger partial charge in [-0.25, -0.2) is 18.1 Å². The third kappa shape index (κ3) is 5.81. The van der Waals surface area contributed by atoms with Crippen molar-refractivity contribution in [2.75, 3.05) is 4.72 Å². The lowest BCUT2D eigenvalue weighted by Crippen LogP contribution is -2.17. The summed E-state index contributed by atoms with van der Waals surface area (Å²) in [5.74, 6) is 1.12. The van der Waals surface area contributed by atoms with E-state index in [2.05, 4.69) is 24.5 Å². The van der Waals surface area contributed by atoms with Gasteiger partial charge in [-0.05, 0) is 61.5 Å². The number of sulfonamides is 1. The standard InChI is InChI=1S/C21H16F3N5O4S/c1-14-26-19(29-12-2-11-25-29)13-20(27-14)32-16-5-3-15(4-6-16)28-34(30,31)18-9-7-17(8-10-18)33-21(22,23)24/h2-13,28H,1H3. The zero-order valence-corrected chi connectivity index (χ0v) is 18.2. The third-order valence-corrected chi connectivity index (χ3v) is 5.63. The first-order valence-corrected chi connectivity index (χ1v) is 11.1. The van der Waals surface area contributed by atoms with Crippen molar-refractivity contribution in [2.24, 2.45) is 0 Å². The number of nitrogens with zero attached hydrogens (tertiary/aromatic N) is 4. The quantitative estimate of drug-likeness (QED) is 0.407. The van der Waals surface area contributed by atoms with Crippen molar-refractivity contribution in [1.29, 1.82) is 0 Å². The molecule has 2 aromatic carbocycles. The van der Waals surface area contributed by atoms with Gasteiger partial charge in [-0.3, -0.25) is 4.72 Å². The molecule has 0 aliphatic carbocycles. The Bertz CT molecular complexity index is 1380. The van der Waals surface area contributed by atoms with Crippen molar-refractivity contribution in [3.05, 3.63) is 78.9 Å². The molecule has 0 saturated heterocycles. The SMILES string of the molecule is Cc1nc(Oc2ccc(NS(=O)(=O)c3ccc(OC(F)(F)F)cc3)cc2)cc(-n2cccn2)n1. The van der Waals surface area contributed by atoms with E-state index in [4.69, 9.17) is 4.74 Å². The number of rotatable bonds is 7. The molecule has 2 heterocycles. The Morgan fingerprint density at radius 1 is 0.971 bits per heavy atom. The van der Waals surface area contributed by atoms with E-state index in [-0.39, 0.29) is 16.5 Å². The molecule has 0 aliphatic heterocycles. The molecule has 0 unspecified atom stereocenters. The van der Waals surface area contributed by atoms with E-state index >= 15 is 0 Å². The van der Waals surface area contributed by atoms with E-state index in [1.54, 1.807) is 36.1 Å². The van der Waals surface area contributed by atoms with E-state index < -0.39 is 22.1 Å². The van der Waals surface area contributed by atoms with Crippen LogP contribution in [0.4, 0.5) is 18.9 Å². The van der Waals surface area contributed by atoms with Crippen LogP contribution in [-0.4, -0.2) is 34.5 Å². The van der Waals surface area contributed by atoms with Crippen molar-refractivity contribution < 1.29 is 31.1 Å². The van der Waals surface area contributed by atoms with E-state index in [1.165, 1.54) is 24.3 Å². The van der Waals surface area contributed by atoms with Crippen LogP contribution in [0.2, 0.25) is 0 Å². The molecule has 0 bridgehead atoms. The van der Waals surface area contributed by atoms with Gasteiger partial charge < -0.3 is 9.47 Å². The van der Waals surface area contributed by atoms with Crippen LogP contribution in [0.25, 0.3) is 5.82 Å². The normalized spacial score (nSPS) is 11.8. The predicted molar refractivity (Wildman–Crippen MR) is 114 cm³/mol. The van der Waals surface area contributed by atoms with Gasteiger partial charge in [-0.15, -0.1) is 13.2 Å². The highest BCUT2D eigenvalue weighted by Crippen LogP contribution is 2.26. The summed E-state index contributed by atoms with van der Waals surface area (Å²) in [6, 6.07) is 13.2. The number of hydrogen-bond donors (Lipinski definition) is 1. The summed E-state index contributed by atoms with van der Waals surface area (Å²) in [5, 5.41) is 4.12. The molecule has 34 heavy (non-hydrogen) atoms. The second kappa shape index (κ2) is 9.02. The number of alkyl halides is 3. The lowest BCUT2D eigenvalue weighted by molar-refractivity contribution is -0.274. The Hall–Kier alpha value is -4.13. The van der Waals surface area contributed by atoms with Crippen LogP contribution >= 0.6 is 0 Å². The lowest BCUT2D eigenvalue weighted by Gasteiger charge is -2.11. The fraction of sp³-hybridized carbons (Fsp3) is 0.0952. The molecule has 0 radical (unpaired) electrons. The summed E-state index contributed by atoms with van der Waals surface area (Å²) >= 11 is 0. The molecule has 0 atom stereocenters. The van der Waals surface area contributed by atoms with Gasteiger partial charge in [0.15, 0.2) is 5.82 Å². The Kier molecular flexibility index (Phi) is 6.11. The second-order valence-corrected chi connectivity index (χ2v) is 8.50. The van der Waals surface area contributed by atoms with Crippen molar-refractivity contribution in [3.8, 4) is 23.2 Å². The number of halogens is 3. The first kappa shape index (κ1) is 23.0. The number of hydrogen-bond acceptors (Lipinski definition) is 7. The fourth-order valence-corrected chi connectivity index (χ4v) is 3.90. The van der Waals surface area contributed by atoms with Crippen LogP contribution in [0.3, 0.4) is 0 Å². The summed E-state index contributed by atoms with van der Waals surface area (Å²) in [6.45, 7) is 1.71. The van der Waals surface area contributed by atoms with Gasteiger partial charge in [-0.2, -0.15) is 10.1 Å². The Labute approximate surface area is 191 Å². The van der Waals surface area contributed by atoms with Crippen LogP contribution in [0.15, 0.2) is 78.0 Å². The Morgan fingerprint density at radius 2 is 1.65 bits per heavy atom. The van der Waals surface area contributed by atoms with Gasteiger partial charge in [0.25, 0.3) is 10.0 Å². The molecule has 13 heteroatoms. The minimum atomic E-state index is -4.87. The zero-order chi connectivity index (χ0) is 24.3. The lowest BCUT2D eigenvalue weighted by atomic mass is 10.3. The number of nitrogens with one attached hydrogen (secondary N) is 1. The summed E-state index contributed by atoms with van der Waals surface area (Å²) in [6.07, 6.45) is -1.53. The van der Waals surface area contributed by atoms with Gasteiger partial charge in [0.1, 0.15) is 17.3 Å². The Morgan fingerprint density at radius 3 is 2.26 bits per heavy atom. The second-order valence-electron chi connectivity index (χ2n) is 6.81. The number of benzene rings is 2. The smallest absolute Gasteiger partial charge is 0.439 e. The molecule has 0 aliphatic rings. The highest BCUT2D eigenvalue weighted by atomic mass is 32.2. The molecule has 0 amide bonds. The number of aromatic nitrogens is 4. The molecule has 4 rings (SSSR count). The van der Waals surface area contributed by atoms with E-state index in [1.807, 2.05) is 0 Å². The van der Waals surface area contributed by atoms with Crippen LogP contribution < -0.4 is 14.2 Å². The first-order chi connectivity index (χ1) is 16.1. The summed E-state index contributed by atoms with van der Waals surface area (Å²) in [4.78, 5) is 8.28. The molecule has 9 nitrogen and oxygen atoms in total. The Balaban J connectivity index is 1.45. The molecule has 0 spiro atoms. The highest BCUT2D eigenvalue weighted by Gasteiger charge is 2.31. The largest absolute Gasteiger partial charge is 0.573 e. The van der Waals surface area contributed by atoms with Crippen molar-refractivity contribution >= 4 is 15.7 Å². The predicted octanol–water partition coefficient (Wildman–Crippen LogP) is 4.46. The van der Waals surface area contributed by atoms with Crippen LogP contribution in [0.1, 0.15) is 5.82 Å². The molecule has 0 fully saturated rings. The van der Waals surface area contributed by atoms with Crippen LogP contribution in [0, 0.1) is 6.92 Å². The van der Waals surface area contributed by atoms with Gasteiger partial charge in [0.2, 0.25) is 5.88 Å². The molecule has 1 N–H and O–H groups in total. The van der Waals surface area contributed by atoms with Crippen LogP contribution in [-0.2, 0) is 10.0 Å². The molecule has 176 valence electrons. The van der Waals surface area contributed by atoms with E-state index in [0.29, 0.717) is 17.4 Å². The van der Waals surface area contributed by atoms with Crippen molar-refractivity contribution in [1.82, 2.24) is 19.7 Å². The maximum absolute atomic E-state index is 12.5. The average molecular weight is 491 g/mol. The minimum absolute atomic E-state index is 0.221. The first-order valence-electron chi connectivity index (χ1n) is 9.60. The minimum Gasteiger partial charge on any atom is -0.439 e. The fourth-order valence-electron chi connectivity index (χ4n) is 2.85. The van der Waals surface area contributed by atoms with E-state index in [9.17, 15) is 21.6 Å².